The van der Waals surface area contributed by atoms with E-state index in [0.29, 0.717) is 0 Å². The van der Waals surface area contributed by atoms with Crippen LogP contribution in [-0.2, 0) is 0 Å². The number of hydrogen-bond donors (Lipinski definition) is 2. The van der Waals surface area contributed by atoms with E-state index in [1.54, 1.807) is 12.1 Å². The zero-order valence-electron chi connectivity index (χ0n) is 9.92. The zero-order valence-corrected chi connectivity index (χ0v) is 12.3. The second kappa shape index (κ2) is 5.27. The number of halogens is 2. The van der Waals surface area contributed by atoms with Crippen LogP contribution < -0.4 is 5.32 Å². The van der Waals surface area contributed by atoms with Crippen LogP contribution in [0.5, 0.6) is 5.75 Å². The number of phenolic OH excluding ortho intramolecular Hbond substituents is 1. The van der Waals surface area contributed by atoms with Crippen LogP contribution in [0, 0.1) is 0 Å². The largest absolute Gasteiger partial charge is 0.507 e. The third kappa shape index (κ3) is 3.61. The van der Waals surface area contributed by atoms with Crippen molar-refractivity contribution in [1.82, 2.24) is 5.32 Å². The summed E-state index contributed by atoms with van der Waals surface area (Å²) in [6, 6.07) is 4.71. The van der Waals surface area contributed by atoms with E-state index in [-0.39, 0.29) is 22.6 Å². The van der Waals surface area contributed by atoms with Gasteiger partial charge in [0.1, 0.15) is 5.75 Å². The summed E-state index contributed by atoms with van der Waals surface area (Å²) in [4.78, 5) is 12.0. The second-order valence-electron chi connectivity index (χ2n) is 4.45. The lowest BCUT2D eigenvalue weighted by Gasteiger charge is -2.29. The monoisotopic (exact) mass is 319 g/mol. The van der Waals surface area contributed by atoms with Gasteiger partial charge in [0.15, 0.2) is 0 Å². The first-order valence-corrected chi connectivity index (χ1v) is 6.42. The van der Waals surface area contributed by atoms with Crippen LogP contribution in [-0.4, -0.2) is 21.9 Å². The van der Waals surface area contributed by atoms with Crippen molar-refractivity contribution >= 4 is 33.4 Å². The maximum absolute atomic E-state index is 12.0. The molecule has 0 saturated heterocycles. The zero-order chi connectivity index (χ0) is 13.2. The Labute approximate surface area is 114 Å². The minimum absolute atomic E-state index is 0.0521. The molecule has 94 valence electrons. The van der Waals surface area contributed by atoms with Gasteiger partial charge in [0.25, 0.3) is 5.91 Å². The molecule has 3 nitrogen and oxygen atoms in total. The summed E-state index contributed by atoms with van der Waals surface area (Å²) in [7, 11) is 0. The fraction of sp³-hybridized carbons (Fsp3) is 0.417. The van der Waals surface area contributed by atoms with Crippen LogP contribution in [0.15, 0.2) is 22.7 Å². The first kappa shape index (κ1) is 14.3. The van der Waals surface area contributed by atoms with Gasteiger partial charge in [-0.2, -0.15) is 0 Å². The number of carbonyl (C=O) groups excluding carboxylic acids is 1. The molecule has 1 aromatic rings. The third-order valence-corrected chi connectivity index (χ3v) is 3.67. The van der Waals surface area contributed by atoms with Gasteiger partial charge in [0.05, 0.1) is 16.5 Å². The lowest BCUT2D eigenvalue weighted by atomic mass is 10.0. The molecule has 0 aliphatic rings. The molecular formula is C12H15BrClNO2. The molecule has 1 amide bonds. The fourth-order valence-corrected chi connectivity index (χ4v) is 1.57. The Morgan fingerprint density at radius 2 is 2.12 bits per heavy atom. The molecule has 0 aliphatic heterocycles. The molecule has 5 heteroatoms. The molecule has 0 aliphatic carbocycles. The van der Waals surface area contributed by atoms with Crippen LogP contribution in [0.1, 0.15) is 31.1 Å². The highest BCUT2D eigenvalue weighted by Crippen LogP contribution is 2.23. The van der Waals surface area contributed by atoms with Gasteiger partial charge >= 0.3 is 0 Å². The van der Waals surface area contributed by atoms with Crippen molar-refractivity contribution in [2.24, 2.45) is 0 Å². The molecule has 1 atom stereocenters. The number of nitrogens with one attached hydrogen (secondary N) is 1. The molecule has 0 fully saturated rings. The lowest BCUT2D eigenvalue weighted by Crippen LogP contribution is -2.49. The first-order chi connectivity index (χ1) is 7.74. The predicted octanol–water partition coefficient (Wildman–Crippen LogP) is 3.29. The highest BCUT2D eigenvalue weighted by Gasteiger charge is 2.27. The van der Waals surface area contributed by atoms with E-state index in [0.717, 1.165) is 4.47 Å². The van der Waals surface area contributed by atoms with E-state index in [9.17, 15) is 9.90 Å². The molecular weight excluding hydrogens is 305 g/mol. The van der Waals surface area contributed by atoms with Gasteiger partial charge in [-0.3, -0.25) is 4.79 Å². The average molecular weight is 321 g/mol. The van der Waals surface area contributed by atoms with Gasteiger partial charge in [-0.05, 0) is 39.0 Å². The number of hydrogen-bond acceptors (Lipinski definition) is 2. The van der Waals surface area contributed by atoms with Crippen LogP contribution in [0.4, 0.5) is 0 Å². The summed E-state index contributed by atoms with van der Waals surface area (Å²) >= 11 is 9.24. The van der Waals surface area contributed by atoms with E-state index < -0.39 is 5.54 Å². The molecule has 17 heavy (non-hydrogen) atoms. The Bertz CT molecular complexity index is 433. The minimum Gasteiger partial charge on any atom is -0.507 e. The van der Waals surface area contributed by atoms with Crippen molar-refractivity contribution in [3.8, 4) is 5.75 Å². The number of phenols is 1. The minimum atomic E-state index is -0.548. The summed E-state index contributed by atoms with van der Waals surface area (Å²) in [6.07, 6.45) is 0. The molecule has 0 spiro atoms. The molecule has 0 radical (unpaired) electrons. The average Bonchev–Trinajstić information content (AvgIpc) is 2.20. The van der Waals surface area contributed by atoms with E-state index in [1.165, 1.54) is 6.07 Å². The van der Waals surface area contributed by atoms with Crippen LogP contribution in [0.2, 0.25) is 0 Å². The summed E-state index contributed by atoms with van der Waals surface area (Å²) in [5.74, 6) is -0.398. The Morgan fingerprint density at radius 3 is 2.65 bits per heavy atom. The van der Waals surface area contributed by atoms with Crippen molar-refractivity contribution < 1.29 is 9.90 Å². The highest BCUT2D eigenvalue weighted by molar-refractivity contribution is 9.10. The van der Waals surface area contributed by atoms with E-state index >= 15 is 0 Å². The molecule has 0 bridgehead atoms. The Balaban J connectivity index is 2.94. The van der Waals surface area contributed by atoms with Crippen molar-refractivity contribution in [3.05, 3.63) is 28.2 Å². The van der Waals surface area contributed by atoms with E-state index in [2.05, 4.69) is 21.2 Å². The van der Waals surface area contributed by atoms with E-state index in [1.807, 2.05) is 20.8 Å². The summed E-state index contributed by atoms with van der Waals surface area (Å²) < 4.78 is 0.733. The predicted molar refractivity (Wildman–Crippen MR) is 72.7 cm³/mol. The van der Waals surface area contributed by atoms with Crippen LogP contribution in [0.3, 0.4) is 0 Å². The van der Waals surface area contributed by atoms with Gasteiger partial charge < -0.3 is 10.4 Å². The van der Waals surface area contributed by atoms with Gasteiger partial charge in [-0.1, -0.05) is 15.9 Å². The fourth-order valence-electron chi connectivity index (χ4n) is 1.15. The highest BCUT2D eigenvalue weighted by atomic mass is 79.9. The van der Waals surface area contributed by atoms with Gasteiger partial charge in [0, 0.05) is 4.47 Å². The number of carbonyl (C=O) groups is 1. The number of amides is 1. The number of benzene rings is 1. The molecule has 0 saturated carbocycles. The quantitative estimate of drug-likeness (QED) is 0.840. The number of aromatic hydroxyl groups is 1. The Kier molecular flexibility index (Phi) is 4.44. The maximum atomic E-state index is 12.0. The standard InChI is InChI=1S/C12H15BrClNO2/c1-7(14)12(2,3)15-11(17)9-6-8(13)4-5-10(9)16/h4-7,16H,1-3H3,(H,15,17). The van der Waals surface area contributed by atoms with Crippen LogP contribution in [0.25, 0.3) is 0 Å². The lowest BCUT2D eigenvalue weighted by molar-refractivity contribution is 0.0909. The third-order valence-electron chi connectivity index (χ3n) is 2.63. The second-order valence-corrected chi connectivity index (χ2v) is 6.02. The van der Waals surface area contributed by atoms with Crippen molar-refractivity contribution in [1.29, 1.82) is 0 Å². The Morgan fingerprint density at radius 1 is 1.53 bits per heavy atom. The molecule has 0 heterocycles. The molecule has 1 aromatic carbocycles. The van der Waals surface area contributed by atoms with Crippen molar-refractivity contribution in [2.45, 2.75) is 31.7 Å². The smallest absolute Gasteiger partial charge is 0.255 e. The summed E-state index contributed by atoms with van der Waals surface area (Å²) in [5, 5.41) is 12.2. The Hall–Kier alpha value is -0.740. The van der Waals surface area contributed by atoms with Crippen LogP contribution >= 0.6 is 27.5 Å². The van der Waals surface area contributed by atoms with Gasteiger partial charge in [0.2, 0.25) is 0 Å². The van der Waals surface area contributed by atoms with Crippen molar-refractivity contribution in [3.63, 3.8) is 0 Å². The van der Waals surface area contributed by atoms with Gasteiger partial charge in [-0.25, -0.2) is 0 Å². The molecule has 0 aromatic heterocycles. The first-order valence-electron chi connectivity index (χ1n) is 5.19. The number of rotatable bonds is 3. The normalized spacial score (nSPS) is 13.2. The SMILES string of the molecule is CC(Cl)C(C)(C)NC(=O)c1cc(Br)ccc1O. The van der Waals surface area contributed by atoms with Gasteiger partial charge in [-0.15, -0.1) is 11.6 Å². The topological polar surface area (TPSA) is 49.3 Å². The molecule has 1 unspecified atom stereocenters. The summed E-state index contributed by atoms with van der Waals surface area (Å²) in [6.45, 7) is 5.47. The van der Waals surface area contributed by atoms with E-state index in [4.69, 9.17) is 11.6 Å². The maximum Gasteiger partial charge on any atom is 0.255 e. The van der Waals surface area contributed by atoms with Crippen molar-refractivity contribution in [2.75, 3.05) is 0 Å². The molecule has 1 rings (SSSR count). The number of alkyl halides is 1. The summed E-state index contributed by atoms with van der Waals surface area (Å²) in [5.41, 5.74) is -0.322. The molecule has 2 N–H and O–H groups in total.